The van der Waals surface area contributed by atoms with Gasteiger partial charge < -0.3 is 14.2 Å². The molecule has 158 valence electrons. The minimum atomic E-state index is -0.433. The van der Waals surface area contributed by atoms with E-state index in [-0.39, 0.29) is 16.7 Å². The van der Waals surface area contributed by atoms with Gasteiger partial charge >= 0.3 is 0 Å². The van der Waals surface area contributed by atoms with Crippen molar-refractivity contribution >= 4 is 51.0 Å². The zero-order valence-corrected chi connectivity index (χ0v) is 17.6. The van der Waals surface area contributed by atoms with E-state index in [9.17, 15) is 9.18 Å². The molecule has 0 saturated heterocycles. The van der Waals surface area contributed by atoms with Crippen LogP contribution in [0.5, 0.6) is 0 Å². The lowest BCUT2D eigenvalue weighted by atomic mass is 10.1. The van der Waals surface area contributed by atoms with Gasteiger partial charge in [-0.25, -0.2) is 9.37 Å². The molecule has 2 aromatic heterocycles. The number of carbonyl (C=O) groups is 1. The second-order valence-electron chi connectivity index (χ2n) is 7.17. The molecule has 0 aliphatic heterocycles. The largest absolute Gasteiger partial charge is 0.451 e. The first kappa shape index (κ1) is 19.9. The summed E-state index contributed by atoms with van der Waals surface area (Å²) in [5.41, 5.74) is 3.85. The molecule has 32 heavy (non-hydrogen) atoms. The fraction of sp³-hybridized carbons (Fsp3) is 0.0417. The molecule has 0 unspecified atom stereocenters. The third-order valence-electron chi connectivity index (χ3n) is 5.01. The summed E-state index contributed by atoms with van der Waals surface area (Å²) in [4.78, 5) is 17.1. The normalized spacial score (nSPS) is 11.1. The van der Waals surface area contributed by atoms with Crippen molar-refractivity contribution in [3.05, 3.63) is 83.9 Å². The lowest BCUT2D eigenvalue weighted by Gasteiger charge is -2.08. The van der Waals surface area contributed by atoms with Crippen molar-refractivity contribution in [3.63, 3.8) is 0 Å². The number of halogens is 1. The highest BCUT2D eigenvalue weighted by Crippen LogP contribution is 2.27. The van der Waals surface area contributed by atoms with Gasteiger partial charge in [-0.3, -0.25) is 10.1 Å². The van der Waals surface area contributed by atoms with Crippen molar-refractivity contribution in [2.24, 2.45) is 0 Å². The van der Waals surface area contributed by atoms with Crippen LogP contribution in [0.25, 0.3) is 33.5 Å². The van der Waals surface area contributed by atoms with E-state index < -0.39 is 5.91 Å². The zero-order valence-electron chi connectivity index (χ0n) is 16.8. The maximum Gasteiger partial charge on any atom is 0.293 e. The summed E-state index contributed by atoms with van der Waals surface area (Å²) < 4.78 is 24.6. The van der Waals surface area contributed by atoms with Crippen molar-refractivity contribution in [2.75, 3.05) is 5.32 Å². The molecule has 2 N–H and O–H groups in total. The number of para-hydroxylation sites is 1. The van der Waals surface area contributed by atoms with Crippen LogP contribution in [-0.2, 0) is 0 Å². The van der Waals surface area contributed by atoms with Gasteiger partial charge in [0.05, 0.1) is 0 Å². The second-order valence-corrected chi connectivity index (χ2v) is 7.58. The molecule has 3 aromatic carbocycles. The summed E-state index contributed by atoms with van der Waals surface area (Å²) in [5.74, 6) is -0.165. The van der Waals surface area contributed by atoms with E-state index in [1.165, 1.54) is 12.1 Å². The van der Waals surface area contributed by atoms with Crippen LogP contribution in [0.1, 0.15) is 16.1 Å². The highest BCUT2D eigenvalue weighted by molar-refractivity contribution is 7.80. The molecule has 1 amide bonds. The number of thiocarbonyl (C=S) groups is 1. The molecular formula is C24H16FN3O3S. The summed E-state index contributed by atoms with van der Waals surface area (Å²) in [7, 11) is 0. The van der Waals surface area contributed by atoms with Gasteiger partial charge in [-0.05, 0) is 67.7 Å². The van der Waals surface area contributed by atoms with E-state index >= 15 is 0 Å². The summed E-state index contributed by atoms with van der Waals surface area (Å²) in [6.07, 6.45) is 0. The third kappa shape index (κ3) is 3.72. The van der Waals surface area contributed by atoms with Crippen LogP contribution < -0.4 is 10.6 Å². The maximum atomic E-state index is 13.1. The van der Waals surface area contributed by atoms with Gasteiger partial charge in [0.25, 0.3) is 5.91 Å². The van der Waals surface area contributed by atoms with E-state index in [0.717, 1.165) is 10.9 Å². The first-order valence-electron chi connectivity index (χ1n) is 9.75. The Labute approximate surface area is 187 Å². The van der Waals surface area contributed by atoms with E-state index in [4.69, 9.17) is 21.1 Å². The van der Waals surface area contributed by atoms with Gasteiger partial charge in [0.2, 0.25) is 5.89 Å². The number of rotatable bonds is 3. The van der Waals surface area contributed by atoms with Crippen LogP contribution in [-0.4, -0.2) is 16.0 Å². The average Bonchev–Trinajstić information content (AvgIpc) is 3.35. The number of hydrogen-bond donors (Lipinski definition) is 2. The molecule has 5 aromatic rings. The average molecular weight is 445 g/mol. The number of nitrogens with one attached hydrogen (secondary N) is 2. The number of anilines is 1. The minimum Gasteiger partial charge on any atom is -0.451 e. The van der Waals surface area contributed by atoms with Crippen molar-refractivity contribution in [1.29, 1.82) is 0 Å². The second kappa shape index (κ2) is 7.90. The summed E-state index contributed by atoms with van der Waals surface area (Å²) in [5, 5.41) is 6.61. The van der Waals surface area contributed by atoms with Crippen LogP contribution in [0.15, 0.2) is 75.6 Å². The van der Waals surface area contributed by atoms with Gasteiger partial charge in [-0.15, -0.1) is 0 Å². The number of furan rings is 1. The smallest absolute Gasteiger partial charge is 0.293 e. The topological polar surface area (TPSA) is 80.3 Å². The molecule has 8 heteroatoms. The Hall–Kier alpha value is -4.04. The van der Waals surface area contributed by atoms with Crippen molar-refractivity contribution < 1.29 is 18.0 Å². The molecular weight excluding hydrogens is 429 g/mol. The van der Waals surface area contributed by atoms with Gasteiger partial charge in [0.15, 0.2) is 16.5 Å². The lowest BCUT2D eigenvalue weighted by Crippen LogP contribution is -2.34. The predicted molar refractivity (Wildman–Crippen MR) is 124 cm³/mol. The molecule has 0 fully saturated rings. The van der Waals surface area contributed by atoms with E-state index in [2.05, 4.69) is 15.6 Å². The third-order valence-corrected chi connectivity index (χ3v) is 5.22. The zero-order chi connectivity index (χ0) is 22.2. The van der Waals surface area contributed by atoms with E-state index in [1.807, 2.05) is 31.2 Å². The first-order valence-corrected chi connectivity index (χ1v) is 10.2. The van der Waals surface area contributed by atoms with Crippen LogP contribution in [0.2, 0.25) is 0 Å². The Morgan fingerprint density at radius 3 is 2.56 bits per heavy atom. The predicted octanol–water partition coefficient (Wildman–Crippen LogP) is 5.82. The van der Waals surface area contributed by atoms with Crippen LogP contribution >= 0.6 is 12.2 Å². The number of fused-ring (bicyclic) bond motifs is 2. The Morgan fingerprint density at radius 2 is 1.78 bits per heavy atom. The monoisotopic (exact) mass is 445 g/mol. The number of aryl methyl sites for hydroxylation is 1. The summed E-state index contributed by atoms with van der Waals surface area (Å²) in [6.45, 7) is 1.83. The molecule has 0 bridgehead atoms. The van der Waals surface area contributed by atoms with Crippen LogP contribution in [0.4, 0.5) is 10.1 Å². The van der Waals surface area contributed by atoms with Gasteiger partial charge in [-0.2, -0.15) is 0 Å². The number of amides is 1. The summed E-state index contributed by atoms with van der Waals surface area (Å²) in [6, 6.07) is 18.6. The molecule has 0 aliphatic rings. The fourth-order valence-corrected chi connectivity index (χ4v) is 3.64. The Morgan fingerprint density at radius 1 is 1.00 bits per heavy atom. The molecule has 0 saturated carbocycles. The molecule has 5 rings (SSSR count). The number of carbonyl (C=O) groups excluding carboxylic acids is 1. The molecule has 6 nitrogen and oxygen atoms in total. The standard InChI is InChI=1S/C24H16FN3O3S/c1-13-17-4-2-3-5-19(17)30-21(13)22(29)28-24(32)26-16-10-11-20-18(12-16)27-23(31-20)14-6-8-15(25)9-7-14/h2-12H,1H3,(H2,26,28,29,32). The van der Waals surface area contributed by atoms with Crippen LogP contribution in [0.3, 0.4) is 0 Å². The SMILES string of the molecule is Cc1c(C(=O)NC(=S)Nc2ccc3oc(-c4ccc(F)cc4)nc3c2)oc2ccccc12. The Kier molecular flexibility index (Phi) is 4.91. The minimum absolute atomic E-state index is 0.122. The molecule has 0 radical (unpaired) electrons. The number of hydrogen-bond acceptors (Lipinski definition) is 5. The number of nitrogens with zero attached hydrogens (tertiary/aromatic N) is 1. The van der Waals surface area contributed by atoms with Crippen molar-refractivity contribution in [3.8, 4) is 11.5 Å². The van der Waals surface area contributed by atoms with Crippen molar-refractivity contribution in [2.45, 2.75) is 6.92 Å². The van der Waals surface area contributed by atoms with Gasteiger partial charge in [0, 0.05) is 22.2 Å². The Balaban J connectivity index is 1.32. The number of benzene rings is 3. The lowest BCUT2D eigenvalue weighted by molar-refractivity contribution is 0.0952. The highest BCUT2D eigenvalue weighted by atomic mass is 32.1. The quantitative estimate of drug-likeness (QED) is 0.341. The molecule has 0 aliphatic carbocycles. The Bertz CT molecular complexity index is 1490. The maximum absolute atomic E-state index is 13.1. The van der Waals surface area contributed by atoms with Gasteiger partial charge in [-0.1, -0.05) is 18.2 Å². The van der Waals surface area contributed by atoms with E-state index in [0.29, 0.717) is 33.8 Å². The fourth-order valence-electron chi connectivity index (χ4n) is 3.43. The molecule has 0 spiro atoms. The first-order chi connectivity index (χ1) is 15.5. The van der Waals surface area contributed by atoms with Crippen molar-refractivity contribution in [1.82, 2.24) is 10.3 Å². The van der Waals surface area contributed by atoms with Gasteiger partial charge in [0.1, 0.15) is 16.9 Å². The summed E-state index contributed by atoms with van der Waals surface area (Å²) >= 11 is 5.29. The number of oxazole rings is 1. The molecule has 2 heterocycles. The molecule has 0 atom stereocenters. The highest BCUT2D eigenvalue weighted by Gasteiger charge is 2.18. The van der Waals surface area contributed by atoms with Crippen LogP contribution in [0, 0.1) is 12.7 Å². The number of aromatic nitrogens is 1. The van der Waals surface area contributed by atoms with E-state index in [1.54, 1.807) is 30.3 Å².